The molecule has 16 heteroatoms. The molecule has 47 heavy (non-hydrogen) atoms. The van der Waals surface area contributed by atoms with Crippen molar-refractivity contribution in [2.45, 2.75) is 30.6 Å². The molecule has 0 bridgehead atoms. The molecule has 1 saturated carbocycles. The number of nitrogens with zero attached hydrogens (tertiary/aromatic N) is 3. The van der Waals surface area contributed by atoms with Gasteiger partial charge in [0, 0.05) is 34.6 Å². The third-order valence-corrected chi connectivity index (χ3v) is 9.99. The summed E-state index contributed by atoms with van der Waals surface area (Å²) in [5, 5.41) is 73.6. The van der Waals surface area contributed by atoms with Crippen LogP contribution in [0, 0.1) is 22.0 Å². The van der Waals surface area contributed by atoms with E-state index in [-0.39, 0.29) is 22.1 Å². The molecular formula is C31H29N5O10S. The van der Waals surface area contributed by atoms with Gasteiger partial charge < -0.3 is 36.6 Å². The monoisotopic (exact) mass is 663 g/mol. The SMILES string of the molecule is CC1c2ccc(Nc3nc(-c4cccc([N+](=O)[O-])c4)cs3)c(O)c2C(O)=C2C(=O)C3(O)C(O)=C(C(N)=O)C(=O)C(N(C)C)C3C(O)C21. The molecule has 1 aromatic heterocycles. The van der Waals surface area contributed by atoms with E-state index in [2.05, 4.69) is 10.3 Å². The zero-order valence-corrected chi connectivity index (χ0v) is 25.8. The van der Waals surface area contributed by atoms with Crippen LogP contribution in [-0.4, -0.2) is 89.7 Å². The number of Topliss-reactive ketones (excluding diaryl/α,β-unsaturated/α-hetero) is 2. The molecule has 1 fully saturated rings. The Kier molecular flexibility index (Phi) is 7.43. The minimum atomic E-state index is -3.01. The first-order valence-corrected chi connectivity index (χ1v) is 15.1. The second-order valence-corrected chi connectivity index (χ2v) is 12.8. The summed E-state index contributed by atoms with van der Waals surface area (Å²) in [5.74, 6) is -9.82. The number of phenols is 1. The van der Waals surface area contributed by atoms with Crippen LogP contribution in [0.15, 0.2) is 58.7 Å². The van der Waals surface area contributed by atoms with Gasteiger partial charge in [-0.3, -0.25) is 29.4 Å². The summed E-state index contributed by atoms with van der Waals surface area (Å²) < 4.78 is 0. The molecule has 244 valence electrons. The topological polar surface area (TPSA) is 250 Å². The van der Waals surface area contributed by atoms with Gasteiger partial charge in [-0.1, -0.05) is 25.1 Å². The highest BCUT2D eigenvalue weighted by Gasteiger charge is 2.68. The Labute approximate surface area is 270 Å². The van der Waals surface area contributed by atoms with Gasteiger partial charge in [0.05, 0.1) is 39.9 Å². The first-order chi connectivity index (χ1) is 22.1. The number of ketones is 2. The number of carbonyl (C=O) groups is 3. The number of nitrogens with one attached hydrogen (secondary N) is 1. The predicted octanol–water partition coefficient (Wildman–Crippen LogP) is 2.27. The summed E-state index contributed by atoms with van der Waals surface area (Å²) in [6.07, 6.45) is -1.70. The molecule has 0 saturated heterocycles. The molecule has 3 aromatic rings. The van der Waals surface area contributed by atoms with Crippen LogP contribution in [0.5, 0.6) is 5.75 Å². The Morgan fingerprint density at radius 1 is 1.17 bits per heavy atom. The van der Waals surface area contributed by atoms with E-state index in [0.717, 1.165) is 11.3 Å². The molecule has 0 aliphatic heterocycles. The second kappa shape index (κ2) is 11.0. The minimum Gasteiger partial charge on any atom is -0.508 e. The molecule has 6 unspecified atom stereocenters. The molecule has 0 radical (unpaired) electrons. The van der Waals surface area contributed by atoms with E-state index in [4.69, 9.17) is 5.73 Å². The summed E-state index contributed by atoms with van der Waals surface area (Å²) in [6.45, 7) is 1.63. The summed E-state index contributed by atoms with van der Waals surface area (Å²) in [4.78, 5) is 56.1. The lowest BCUT2D eigenvalue weighted by Crippen LogP contribution is -2.70. The molecule has 1 heterocycles. The highest BCUT2D eigenvalue weighted by Crippen LogP contribution is 2.56. The van der Waals surface area contributed by atoms with Crippen molar-refractivity contribution in [1.82, 2.24) is 9.88 Å². The van der Waals surface area contributed by atoms with Crippen molar-refractivity contribution in [2.24, 2.45) is 17.6 Å². The van der Waals surface area contributed by atoms with Crippen LogP contribution in [0.3, 0.4) is 0 Å². The Hall–Kier alpha value is -5.16. The number of phenolic OH excluding ortho intramolecular Hbond substituents is 1. The van der Waals surface area contributed by atoms with E-state index in [9.17, 15) is 50.0 Å². The minimum absolute atomic E-state index is 0.0663. The molecule has 1 amide bonds. The first-order valence-electron chi connectivity index (χ1n) is 14.3. The van der Waals surface area contributed by atoms with E-state index in [0.29, 0.717) is 16.8 Å². The molecule has 2 aromatic carbocycles. The van der Waals surface area contributed by atoms with Crippen LogP contribution < -0.4 is 11.1 Å². The van der Waals surface area contributed by atoms with Crippen molar-refractivity contribution in [3.05, 3.63) is 79.9 Å². The number of aromatic hydroxyl groups is 1. The third kappa shape index (κ3) is 4.51. The van der Waals surface area contributed by atoms with Gasteiger partial charge in [0.1, 0.15) is 22.8 Å². The number of hydrogen-bond donors (Lipinski definition) is 7. The lowest BCUT2D eigenvalue weighted by Gasteiger charge is -2.53. The molecule has 15 nitrogen and oxygen atoms in total. The van der Waals surface area contributed by atoms with E-state index < -0.39 is 86.3 Å². The highest BCUT2D eigenvalue weighted by molar-refractivity contribution is 7.14. The van der Waals surface area contributed by atoms with Gasteiger partial charge in [0.2, 0.25) is 5.78 Å². The molecule has 0 spiro atoms. The smallest absolute Gasteiger partial charge is 0.270 e. The Morgan fingerprint density at radius 3 is 2.51 bits per heavy atom. The number of benzene rings is 2. The van der Waals surface area contributed by atoms with E-state index in [1.807, 2.05) is 0 Å². The Balaban J connectivity index is 1.44. The summed E-state index contributed by atoms with van der Waals surface area (Å²) in [6, 6.07) is 7.53. The van der Waals surface area contributed by atoms with Crippen LogP contribution in [0.2, 0.25) is 0 Å². The molecule has 3 aliphatic rings. The number of aliphatic hydroxyl groups excluding tert-OH is 3. The number of anilines is 2. The number of amides is 1. The van der Waals surface area contributed by atoms with Crippen molar-refractivity contribution in [3.8, 4) is 17.0 Å². The number of primary amides is 1. The zero-order chi connectivity index (χ0) is 34.3. The number of fused-ring (bicyclic) bond motifs is 3. The van der Waals surface area contributed by atoms with Gasteiger partial charge in [0.15, 0.2) is 16.5 Å². The van der Waals surface area contributed by atoms with E-state index in [1.165, 1.54) is 43.3 Å². The fraction of sp³-hybridized carbons (Fsp3) is 0.290. The van der Waals surface area contributed by atoms with Crippen molar-refractivity contribution < 1.29 is 44.8 Å². The van der Waals surface area contributed by atoms with Crippen LogP contribution in [-0.2, 0) is 14.4 Å². The van der Waals surface area contributed by atoms with Gasteiger partial charge in [-0.2, -0.15) is 0 Å². The number of aliphatic hydroxyl groups is 4. The van der Waals surface area contributed by atoms with Gasteiger partial charge in [-0.25, -0.2) is 4.98 Å². The third-order valence-electron chi connectivity index (χ3n) is 9.23. The van der Waals surface area contributed by atoms with Gasteiger partial charge in [0.25, 0.3) is 11.6 Å². The van der Waals surface area contributed by atoms with Crippen molar-refractivity contribution in [2.75, 3.05) is 19.4 Å². The lowest BCUT2D eigenvalue weighted by atomic mass is 9.54. The number of aromatic nitrogens is 1. The normalized spacial score (nSPS) is 27.0. The molecule has 8 N–H and O–H groups in total. The molecular weight excluding hydrogens is 634 g/mol. The summed E-state index contributed by atoms with van der Waals surface area (Å²) in [7, 11) is 2.87. The van der Waals surface area contributed by atoms with E-state index >= 15 is 0 Å². The number of thiazole rings is 1. The standard InChI is InChI=1S/C31H29N5O10S/c1-11-14-7-8-15(33-30-34-16(10-47-30)12-5-4-6-13(9-12)36(45)46)23(37)18(14)24(38)19-17(11)25(39)21-22(35(2)3)26(40)20(29(32)43)28(42)31(21,44)27(19)41/h4-11,17,21-22,25,37-39,42,44H,1-3H3,(H2,32,43)(H,33,34). The maximum Gasteiger partial charge on any atom is 0.270 e. The number of likely N-dealkylation sites (N-methyl/N-ethyl adjacent to an activating group) is 1. The molecule has 3 aliphatic carbocycles. The largest absolute Gasteiger partial charge is 0.508 e. The van der Waals surface area contributed by atoms with Crippen LogP contribution >= 0.6 is 11.3 Å². The average Bonchev–Trinajstić information content (AvgIpc) is 3.48. The number of nitrogens with two attached hydrogens (primary N) is 1. The first kappa shape index (κ1) is 31.8. The van der Waals surface area contributed by atoms with Crippen molar-refractivity contribution >= 4 is 51.1 Å². The lowest BCUT2D eigenvalue weighted by molar-refractivity contribution is -0.384. The maximum atomic E-state index is 14.2. The van der Waals surface area contributed by atoms with E-state index in [1.54, 1.807) is 24.4 Å². The van der Waals surface area contributed by atoms with Crippen molar-refractivity contribution in [3.63, 3.8) is 0 Å². The number of rotatable bonds is 6. The summed E-state index contributed by atoms with van der Waals surface area (Å²) in [5.41, 5.74) is 1.87. The number of carbonyl (C=O) groups excluding carboxylic acids is 3. The maximum absolute atomic E-state index is 14.2. The molecule has 6 rings (SSSR count). The van der Waals surface area contributed by atoms with Gasteiger partial charge >= 0.3 is 0 Å². The van der Waals surface area contributed by atoms with Crippen LogP contribution in [0.25, 0.3) is 17.0 Å². The number of hydrogen-bond acceptors (Lipinski definition) is 14. The van der Waals surface area contributed by atoms with Gasteiger partial charge in [-0.15, -0.1) is 11.3 Å². The summed E-state index contributed by atoms with van der Waals surface area (Å²) >= 11 is 1.14. The Bertz CT molecular complexity index is 1970. The Morgan fingerprint density at radius 2 is 1.87 bits per heavy atom. The average molecular weight is 664 g/mol. The second-order valence-electron chi connectivity index (χ2n) is 11.9. The van der Waals surface area contributed by atoms with Crippen LogP contribution in [0.4, 0.5) is 16.5 Å². The highest BCUT2D eigenvalue weighted by atomic mass is 32.1. The predicted molar refractivity (Wildman–Crippen MR) is 168 cm³/mol. The zero-order valence-electron chi connectivity index (χ0n) is 25.0. The number of nitro benzene ring substituents is 1. The van der Waals surface area contributed by atoms with Crippen LogP contribution in [0.1, 0.15) is 24.0 Å². The van der Waals surface area contributed by atoms with Crippen molar-refractivity contribution in [1.29, 1.82) is 0 Å². The molecule has 6 atom stereocenters. The fourth-order valence-electron chi connectivity index (χ4n) is 7.08. The van der Waals surface area contributed by atoms with Gasteiger partial charge in [-0.05, 0) is 31.6 Å². The number of non-ortho nitro benzene ring substituents is 1. The fourth-order valence-corrected chi connectivity index (χ4v) is 7.81. The quantitative estimate of drug-likeness (QED) is 0.0866. The number of nitro groups is 1.